The highest BCUT2D eigenvalue weighted by Crippen LogP contribution is 2.67. The molecule has 0 saturated heterocycles. The van der Waals surface area contributed by atoms with Crippen molar-refractivity contribution < 1.29 is 0 Å². The Hall–Kier alpha value is 0.700. The lowest BCUT2D eigenvalue weighted by Gasteiger charge is -2.37. The normalized spacial score (nSPS) is 67.9. The van der Waals surface area contributed by atoms with Crippen molar-refractivity contribution >= 4 is 31.9 Å². The summed E-state index contributed by atoms with van der Waals surface area (Å²) in [7, 11) is 0. The maximum Gasteiger partial charge on any atom is 0.0305 e. The third-order valence-corrected chi connectivity index (χ3v) is 8.45. The second-order valence-electron chi connectivity index (χ2n) is 5.56. The van der Waals surface area contributed by atoms with Gasteiger partial charge in [-0.25, -0.2) is 0 Å². The van der Waals surface area contributed by atoms with Crippen molar-refractivity contribution in [3.8, 4) is 0 Å². The monoisotopic (exact) mass is 316 g/mol. The van der Waals surface area contributed by atoms with Crippen LogP contribution in [0.25, 0.3) is 0 Å². The largest absolute Gasteiger partial charge is 0.0875 e. The van der Waals surface area contributed by atoms with Crippen molar-refractivity contribution in [3.63, 3.8) is 0 Å². The van der Waals surface area contributed by atoms with E-state index in [2.05, 4.69) is 44.0 Å². The van der Waals surface area contributed by atoms with Crippen LogP contribution in [0.15, 0.2) is 12.2 Å². The zero-order valence-corrected chi connectivity index (χ0v) is 11.1. The van der Waals surface area contributed by atoms with Crippen LogP contribution in [-0.2, 0) is 0 Å². The molecule has 0 spiro atoms. The number of rotatable bonds is 0. The van der Waals surface area contributed by atoms with Gasteiger partial charge in [-0.3, -0.25) is 0 Å². The van der Waals surface area contributed by atoms with Crippen LogP contribution in [0.1, 0.15) is 12.8 Å². The lowest BCUT2D eigenvalue weighted by molar-refractivity contribution is 0.220. The fourth-order valence-corrected chi connectivity index (χ4v) is 6.81. The molecule has 0 aliphatic heterocycles. The molecule has 4 aliphatic carbocycles. The van der Waals surface area contributed by atoms with Gasteiger partial charge < -0.3 is 0 Å². The number of halogens is 2. The molecule has 0 aromatic rings. The van der Waals surface area contributed by atoms with Gasteiger partial charge in [-0.2, -0.15) is 0 Å². The molecular formula is C12H14Br2. The number of alkyl halides is 2. The van der Waals surface area contributed by atoms with Gasteiger partial charge in [0.15, 0.2) is 0 Å². The molecule has 14 heavy (non-hydrogen) atoms. The molecule has 4 bridgehead atoms. The maximum atomic E-state index is 3.90. The molecule has 0 aromatic carbocycles. The van der Waals surface area contributed by atoms with Gasteiger partial charge in [0.25, 0.3) is 0 Å². The Bertz CT molecular complexity index is 283. The Morgan fingerprint density at radius 2 is 1.29 bits per heavy atom. The van der Waals surface area contributed by atoms with E-state index in [0.29, 0.717) is 0 Å². The first-order valence-electron chi connectivity index (χ1n) is 5.74. The Morgan fingerprint density at radius 1 is 0.786 bits per heavy atom. The summed E-state index contributed by atoms with van der Waals surface area (Å²) in [6.45, 7) is 0. The molecule has 4 aliphatic rings. The molecule has 0 heterocycles. The van der Waals surface area contributed by atoms with E-state index >= 15 is 0 Å². The summed E-state index contributed by atoms with van der Waals surface area (Å²) in [5, 5.41) is 0. The molecule has 8 unspecified atom stereocenters. The molecular weight excluding hydrogens is 304 g/mol. The quantitative estimate of drug-likeness (QED) is 0.364. The van der Waals surface area contributed by atoms with E-state index in [1.807, 2.05) is 0 Å². The number of fused-ring (bicyclic) bond motifs is 9. The van der Waals surface area contributed by atoms with Crippen molar-refractivity contribution in [2.24, 2.45) is 35.5 Å². The SMILES string of the molecule is BrC1C(Br)C2CC1C1C3C=CC(C3)C21. The summed E-state index contributed by atoms with van der Waals surface area (Å²) >= 11 is 7.80. The van der Waals surface area contributed by atoms with E-state index in [9.17, 15) is 0 Å². The minimum absolute atomic E-state index is 0.751. The minimum Gasteiger partial charge on any atom is -0.0875 e. The molecule has 8 atom stereocenters. The average molecular weight is 318 g/mol. The highest BCUT2D eigenvalue weighted by Gasteiger charge is 2.63. The van der Waals surface area contributed by atoms with Crippen LogP contribution in [-0.4, -0.2) is 9.65 Å². The Balaban J connectivity index is 1.78. The van der Waals surface area contributed by atoms with Crippen LogP contribution in [0.3, 0.4) is 0 Å². The molecule has 4 rings (SSSR count). The second-order valence-corrected chi connectivity index (χ2v) is 7.67. The first kappa shape index (κ1) is 8.81. The van der Waals surface area contributed by atoms with Gasteiger partial charge in [0.2, 0.25) is 0 Å². The Morgan fingerprint density at radius 3 is 1.79 bits per heavy atom. The first-order chi connectivity index (χ1) is 6.77. The number of hydrogen-bond acceptors (Lipinski definition) is 0. The molecule has 0 nitrogen and oxygen atoms in total. The van der Waals surface area contributed by atoms with Gasteiger partial charge in [-0.1, -0.05) is 44.0 Å². The lowest BCUT2D eigenvalue weighted by atomic mass is 9.73. The molecule has 0 aromatic heterocycles. The van der Waals surface area contributed by atoms with Crippen molar-refractivity contribution in [1.82, 2.24) is 0 Å². The fourth-order valence-electron chi connectivity index (χ4n) is 4.89. The average Bonchev–Trinajstić information content (AvgIpc) is 2.87. The molecule has 3 fully saturated rings. The van der Waals surface area contributed by atoms with E-state index < -0.39 is 0 Å². The van der Waals surface area contributed by atoms with Gasteiger partial charge in [0.05, 0.1) is 0 Å². The highest BCUT2D eigenvalue weighted by atomic mass is 79.9. The topological polar surface area (TPSA) is 0 Å². The van der Waals surface area contributed by atoms with E-state index in [0.717, 1.165) is 45.2 Å². The maximum absolute atomic E-state index is 3.90. The van der Waals surface area contributed by atoms with Gasteiger partial charge >= 0.3 is 0 Å². The van der Waals surface area contributed by atoms with Gasteiger partial charge in [-0.15, -0.1) is 0 Å². The van der Waals surface area contributed by atoms with E-state index in [4.69, 9.17) is 0 Å². The van der Waals surface area contributed by atoms with Gasteiger partial charge in [0.1, 0.15) is 0 Å². The second kappa shape index (κ2) is 2.68. The van der Waals surface area contributed by atoms with Crippen molar-refractivity contribution in [2.75, 3.05) is 0 Å². The van der Waals surface area contributed by atoms with Crippen molar-refractivity contribution in [2.45, 2.75) is 22.5 Å². The fraction of sp³-hybridized carbons (Fsp3) is 0.833. The molecule has 0 amide bonds. The van der Waals surface area contributed by atoms with E-state index in [1.165, 1.54) is 12.8 Å². The molecule has 2 heteroatoms. The first-order valence-corrected chi connectivity index (χ1v) is 7.57. The summed E-state index contributed by atoms with van der Waals surface area (Å²) in [6.07, 6.45) is 7.97. The molecule has 76 valence electrons. The van der Waals surface area contributed by atoms with Crippen LogP contribution in [0.4, 0.5) is 0 Å². The Labute approximate surface area is 102 Å². The van der Waals surface area contributed by atoms with Crippen LogP contribution >= 0.6 is 31.9 Å². The lowest BCUT2D eigenvalue weighted by Crippen LogP contribution is -2.37. The summed E-state index contributed by atoms with van der Waals surface area (Å²) in [4.78, 5) is 1.50. The van der Waals surface area contributed by atoms with Gasteiger partial charge in [-0.05, 0) is 48.3 Å². The number of hydrogen-bond donors (Lipinski definition) is 0. The van der Waals surface area contributed by atoms with Crippen LogP contribution in [0.2, 0.25) is 0 Å². The third-order valence-electron chi connectivity index (χ3n) is 5.24. The third kappa shape index (κ3) is 0.832. The summed E-state index contributed by atoms with van der Waals surface area (Å²) in [5.41, 5.74) is 0. The Kier molecular flexibility index (Phi) is 1.69. The van der Waals surface area contributed by atoms with Crippen molar-refractivity contribution in [3.05, 3.63) is 12.2 Å². The molecule has 0 N–H and O–H groups in total. The summed E-state index contributed by atoms with van der Waals surface area (Å²) in [5.74, 6) is 5.89. The smallest absolute Gasteiger partial charge is 0.0305 e. The highest BCUT2D eigenvalue weighted by molar-refractivity contribution is 9.12. The van der Waals surface area contributed by atoms with Gasteiger partial charge in [0, 0.05) is 9.65 Å². The summed E-state index contributed by atoms with van der Waals surface area (Å²) < 4.78 is 0. The summed E-state index contributed by atoms with van der Waals surface area (Å²) in [6, 6.07) is 0. The number of allylic oxidation sites excluding steroid dienone is 2. The zero-order valence-electron chi connectivity index (χ0n) is 7.94. The predicted molar refractivity (Wildman–Crippen MR) is 64.7 cm³/mol. The van der Waals surface area contributed by atoms with Crippen LogP contribution in [0, 0.1) is 35.5 Å². The van der Waals surface area contributed by atoms with E-state index in [-0.39, 0.29) is 0 Å². The van der Waals surface area contributed by atoms with Crippen LogP contribution in [0.5, 0.6) is 0 Å². The van der Waals surface area contributed by atoms with E-state index in [1.54, 1.807) is 0 Å². The predicted octanol–water partition coefficient (Wildman–Crippen LogP) is 3.60. The molecule has 0 radical (unpaired) electrons. The standard InChI is InChI=1S/C12H14Br2/c13-11-7-4-8(12(11)14)10-6-2-1-5(3-6)9(7)10/h1-2,5-12H,3-4H2. The minimum atomic E-state index is 0.751. The molecule has 3 saturated carbocycles. The zero-order chi connectivity index (χ0) is 9.45. The van der Waals surface area contributed by atoms with Crippen LogP contribution < -0.4 is 0 Å². The van der Waals surface area contributed by atoms with Crippen molar-refractivity contribution in [1.29, 1.82) is 0 Å².